The Hall–Kier alpha value is -4.46. The van der Waals surface area contributed by atoms with E-state index < -0.39 is 54.8 Å². The summed E-state index contributed by atoms with van der Waals surface area (Å²) in [6.07, 6.45) is -4.81. The molecule has 8 nitrogen and oxygen atoms in total. The van der Waals surface area contributed by atoms with Crippen molar-refractivity contribution in [2.75, 3.05) is 28.2 Å². The third-order valence-electron chi connectivity index (χ3n) is 9.72. The molecule has 256 valence electrons. The number of nitrogens with one attached hydrogen (secondary N) is 1. The molecule has 2 aliphatic rings. The Balaban J connectivity index is 1.36. The van der Waals surface area contributed by atoms with Crippen LogP contribution in [0, 0.1) is 11.6 Å². The topological polar surface area (TPSA) is 76.2 Å². The van der Waals surface area contributed by atoms with Crippen molar-refractivity contribution in [1.82, 2.24) is 9.47 Å². The van der Waals surface area contributed by atoms with Crippen LogP contribution in [0.1, 0.15) is 45.7 Å². The molecular weight excluding hydrogens is 649 g/mol. The highest BCUT2D eigenvalue weighted by Crippen LogP contribution is 2.41. The van der Waals surface area contributed by atoms with Gasteiger partial charge in [-0.1, -0.05) is 39.9 Å². The van der Waals surface area contributed by atoms with Gasteiger partial charge in [0.15, 0.2) is 8.24 Å². The van der Waals surface area contributed by atoms with Gasteiger partial charge in [0, 0.05) is 30.2 Å². The van der Waals surface area contributed by atoms with E-state index in [4.69, 9.17) is 0 Å². The van der Waals surface area contributed by atoms with E-state index in [9.17, 15) is 36.3 Å². The van der Waals surface area contributed by atoms with Crippen molar-refractivity contribution in [3.63, 3.8) is 0 Å². The van der Waals surface area contributed by atoms with Crippen molar-refractivity contribution in [3.05, 3.63) is 83.4 Å². The summed E-state index contributed by atoms with van der Waals surface area (Å²) in [5, 5.41) is 3.14. The van der Waals surface area contributed by atoms with E-state index in [-0.39, 0.29) is 23.7 Å². The van der Waals surface area contributed by atoms with Crippen LogP contribution >= 0.6 is 0 Å². The fourth-order valence-corrected chi connectivity index (χ4v) is 7.80. The number of anilines is 4. The SMILES string of the molecule is CC1(C)C(=O)N(c2ccc(C(F)(F)F)cc2F)C(=O)N1Cc1ccc(F)cc1Nc1ccc(N2CCN([Si](C)(C)C(C)(C)C)C2=O)cc1. The molecule has 2 heterocycles. The monoisotopic (exact) mass is 687 g/mol. The molecule has 3 aromatic rings. The van der Waals surface area contributed by atoms with Crippen LogP contribution in [-0.2, 0) is 17.5 Å². The third kappa shape index (κ3) is 6.13. The number of carbonyl (C=O) groups is 3. The van der Waals surface area contributed by atoms with E-state index in [2.05, 4.69) is 39.2 Å². The quantitative estimate of drug-likeness (QED) is 0.153. The number of imide groups is 1. The van der Waals surface area contributed by atoms with Gasteiger partial charge in [0.25, 0.3) is 5.91 Å². The number of hydrogen-bond acceptors (Lipinski definition) is 4. The summed E-state index contributed by atoms with van der Waals surface area (Å²) >= 11 is 0. The summed E-state index contributed by atoms with van der Waals surface area (Å²) in [5.41, 5.74) is -1.38. The zero-order valence-corrected chi connectivity index (χ0v) is 28.8. The van der Waals surface area contributed by atoms with E-state index in [1.807, 2.05) is 4.57 Å². The number of halogens is 5. The van der Waals surface area contributed by atoms with E-state index in [1.165, 1.54) is 32.0 Å². The second-order valence-corrected chi connectivity index (χ2v) is 19.3. The Morgan fingerprint density at radius 2 is 1.50 bits per heavy atom. The zero-order chi connectivity index (χ0) is 35.6. The Labute approximate surface area is 277 Å². The Morgan fingerprint density at radius 3 is 2.08 bits per heavy atom. The molecular formula is C34H38F5N5O3Si. The summed E-state index contributed by atoms with van der Waals surface area (Å²) in [6, 6.07) is 11.6. The molecule has 0 aromatic heterocycles. The first-order chi connectivity index (χ1) is 22.1. The number of alkyl halides is 3. The molecule has 2 aliphatic heterocycles. The lowest BCUT2D eigenvalue weighted by Crippen LogP contribution is -2.56. The van der Waals surface area contributed by atoms with Gasteiger partial charge in [-0.15, -0.1) is 0 Å². The molecule has 2 saturated heterocycles. The standard InChI is InChI=1S/C34H38F5N5O3Si/c1-32(2,3)48(6,7)43-17-16-41(30(43)46)25-13-11-24(12-14-25)40-27-19-23(35)10-8-21(27)20-42-31(47)44(29(45)33(42,4)5)28-15-9-22(18-26(28)36)34(37,38)39/h8-15,18-19,40H,16-17,20H2,1-7H3. The van der Waals surface area contributed by atoms with Crippen LogP contribution in [0.4, 0.5) is 54.3 Å². The van der Waals surface area contributed by atoms with Crippen molar-refractivity contribution in [1.29, 1.82) is 0 Å². The highest BCUT2D eigenvalue weighted by molar-refractivity contribution is 6.79. The predicted molar refractivity (Wildman–Crippen MR) is 177 cm³/mol. The molecule has 5 rings (SSSR count). The molecule has 0 spiro atoms. The van der Waals surface area contributed by atoms with Gasteiger partial charge in [-0.2, -0.15) is 13.2 Å². The molecule has 3 aromatic carbocycles. The maximum Gasteiger partial charge on any atom is 0.416 e. The van der Waals surface area contributed by atoms with Gasteiger partial charge >= 0.3 is 18.2 Å². The van der Waals surface area contributed by atoms with E-state index >= 15 is 0 Å². The second kappa shape index (κ2) is 11.9. The lowest BCUT2D eigenvalue weighted by molar-refractivity contribution is -0.137. The number of rotatable bonds is 7. The van der Waals surface area contributed by atoms with E-state index in [0.29, 0.717) is 46.7 Å². The molecule has 0 radical (unpaired) electrons. The lowest BCUT2D eigenvalue weighted by Gasteiger charge is -2.43. The average molecular weight is 688 g/mol. The van der Waals surface area contributed by atoms with Crippen LogP contribution in [0.25, 0.3) is 0 Å². The number of hydrogen-bond donors (Lipinski definition) is 1. The molecule has 0 atom stereocenters. The lowest BCUT2D eigenvalue weighted by atomic mass is 10.0. The molecule has 0 saturated carbocycles. The van der Waals surface area contributed by atoms with Gasteiger partial charge in [-0.05, 0) is 79.0 Å². The van der Waals surface area contributed by atoms with Crippen molar-refractivity contribution < 1.29 is 36.3 Å². The van der Waals surface area contributed by atoms with Crippen LogP contribution in [0.15, 0.2) is 60.7 Å². The first-order valence-corrected chi connectivity index (χ1v) is 18.4. The molecule has 2 fully saturated rings. The molecule has 1 N–H and O–H groups in total. The van der Waals surface area contributed by atoms with Crippen molar-refractivity contribution >= 4 is 49.0 Å². The fourth-order valence-electron chi connectivity index (χ4n) is 5.73. The van der Waals surface area contributed by atoms with Crippen LogP contribution < -0.4 is 15.1 Å². The number of benzene rings is 3. The van der Waals surface area contributed by atoms with Crippen molar-refractivity contribution in [2.24, 2.45) is 0 Å². The van der Waals surface area contributed by atoms with E-state index in [0.717, 1.165) is 11.0 Å². The highest BCUT2D eigenvalue weighted by atomic mass is 28.3. The molecule has 5 amide bonds. The molecule has 0 bridgehead atoms. The second-order valence-electron chi connectivity index (χ2n) is 14.1. The van der Waals surface area contributed by atoms with Crippen molar-refractivity contribution in [3.8, 4) is 0 Å². The highest BCUT2D eigenvalue weighted by Gasteiger charge is 2.53. The van der Waals surface area contributed by atoms with Gasteiger partial charge in [0.1, 0.15) is 17.2 Å². The molecule has 14 heteroatoms. The predicted octanol–water partition coefficient (Wildman–Crippen LogP) is 8.72. The van der Waals surface area contributed by atoms with Gasteiger partial charge in [0.2, 0.25) is 0 Å². The van der Waals surface area contributed by atoms with Gasteiger partial charge in [0.05, 0.1) is 17.8 Å². The smallest absolute Gasteiger partial charge is 0.355 e. The largest absolute Gasteiger partial charge is 0.416 e. The fraction of sp³-hybridized carbons (Fsp3) is 0.382. The maximum absolute atomic E-state index is 14.9. The summed E-state index contributed by atoms with van der Waals surface area (Å²) in [6.45, 7) is 14.7. The minimum atomic E-state index is -4.81. The van der Waals surface area contributed by atoms with Crippen LogP contribution in [0.2, 0.25) is 18.1 Å². The Bertz CT molecular complexity index is 1770. The Kier molecular flexibility index (Phi) is 8.64. The van der Waals surface area contributed by atoms with E-state index in [1.54, 1.807) is 29.2 Å². The number of urea groups is 2. The maximum atomic E-state index is 14.9. The summed E-state index contributed by atoms with van der Waals surface area (Å²) in [5.74, 6) is -2.77. The van der Waals surface area contributed by atoms with Crippen LogP contribution in [0.3, 0.4) is 0 Å². The van der Waals surface area contributed by atoms with Gasteiger partial charge < -0.3 is 14.8 Å². The van der Waals surface area contributed by atoms with Gasteiger partial charge in [-0.25, -0.2) is 23.3 Å². The molecule has 48 heavy (non-hydrogen) atoms. The van der Waals surface area contributed by atoms with Crippen LogP contribution in [0.5, 0.6) is 0 Å². The normalized spacial score (nSPS) is 17.2. The summed E-state index contributed by atoms with van der Waals surface area (Å²) in [7, 11) is -2.07. The van der Waals surface area contributed by atoms with Crippen molar-refractivity contribution in [2.45, 2.75) is 71.0 Å². The summed E-state index contributed by atoms with van der Waals surface area (Å²) < 4.78 is 70.7. The number of amides is 5. The number of carbonyl (C=O) groups excluding carboxylic acids is 3. The van der Waals surface area contributed by atoms with Gasteiger partial charge in [-0.3, -0.25) is 9.69 Å². The minimum Gasteiger partial charge on any atom is -0.355 e. The zero-order valence-electron chi connectivity index (χ0n) is 27.8. The van der Waals surface area contributed by atoms with Crippen LogP contribution in [-0.4, -0.2) is 54.3 Å². The minimum absolute atomic E-state index is 0.00597. The molecule has 0 aliphatic carbocycles. The molecule has 0 unspecified atom stereocenters. The third-order valence-corrected chi connectivity index (χ3v) is 15.2. The average Bonchev–Trinajstić information content (AvgIpc) is 3.44. The first kappa shape index (κ1) is 34.9. The first-order valence-electron chi connectivity index (χ1n) is 15.4. The Morgan fingerprint density at radius 1 is 0.854 bits per heavy atom. The summed E-state index contributed by atoms with van der Waals surface area (Å²) in [4.78, 5) is 43.7. The number of nitrogens with zero attached hydrogens (tertiary/aromatic N) is 4.